The Morgan fingerprint density at radius 3 is 2.88 bits per heavy atom. The Bertz CT molecular complexity index is 522. The highest BCUT2D eigenvalue weighted by molar-refractivity contribution is 7.12. The van der Waals surface area contributed by atoms with Crippen molar-refractivity contribution in [1.29, 1.82) is 0 Å². The second-order valence-corrected chi connectivity index (χ2v) is 4.81. The average molecular weight is 249 g/mol. The first-order valence-corrected chi connectivity index (χ1v) is 6.40. The lowest BCUT2D eigenvalue weighted by molar-refractivity contribution is 0.102. The van der Waals surface area contributed by atoms with Gasteiger partial charge in [-0.15, -0.1) is 11.3 Å². The molecule has 0 aromatic carbocycles. The standard InChI is InChI=1S/C12H15N3OS/c1-4-9-5-6-17-11(9)12(16)13-10-7(2)14-15-8(10)3/h5-6H,4H2,1-3H3,(H,13,16)(H,14,15). The molecular weight excluding hydrogens is 234 g/mol. The van der Waals surface area contributed by atoms with E-state index in [1.807, 2.05) is 32.2 Å². The molecular formula is C12H15N3OS. The molecule has 0 aliphatic heterocycles. The third-order valence-electron chi connectivity index (χ3n) is 2.70. The van der Waals surface area contributed by atoms with Crippen LogP contribution < -0.4 is 5.32 Å². The summed E-state index contributed by atoms with van der Waals surface area (Å²) in [4.78, 5) is 12.9. The average Bonchev–Trinajstić information content (AvgIpc) is 2.90. The molecule has 0 aliphatic carbocycles. The minimum Gasteiger partial charge on any atom is -0.318 e. The van der Waals surface area contributed by atoms with Gasteiger partial charge >= 0.3 is 0 Å². The third-order valence-corrected chi connectivity index (χ3v) is 3.66. The van der Waals surface area contributed by atoms with Crippen molar-refractivity contribution in [1.82, 2.24) is 10.2 Å². The maximum atomic E-state index is 12.1. The quantitative estimate of drug-likeness (QED) is 0.878. The molecule has 0 fully saturated rings. The number of carbonyl (C=O) groups is 1. The second-order valence-electron chi connectivity index (χ2n) is 3.89. The molecule has 17 heavy (non-hydrogen) atoms. The summed E-state index contributed by atoms with van der Waals surface area (Å²) in [6.07, 6.45) is 0.871. The van der Waals surface area contributed by atoms with Crippen LogP contribution in [0, 0.1) is 13.8 Å². The summed E-state index contributed by atoms with van der Waals surface area (Å²) >= 11 is 1.47. The van der Waals surface area contributed by atoms with Crippen LogP contribution in [-0.4, -0.2) is 16.1 Å². The van der Waals surface area contributed by atoms with Crippen LogP contribution in [0.3, 0.4) is 0 Å². The number of rotatable bonds is 3. The number of hydrogen-bond acceptors (Lipinski definition) is 3. The summed E-state index contributed by atoms with van der Waals surface area (Å²) in [6.45, 7) is 5.81. The van der Waals surface area contributed by atoms with Crippen LogP contribution >= 0.6 is 11.3 Å². The Morgan fingerprint density at radius 1 is 1.53 bits per heavy atom. The summed E-state index contributed by atoms with van der Waals surface area (Å²) < 4.78 is 0. The predicted octanol–water partition coefficient (Wildman–Crippen LogP) is 2.90. The van der Waals surface area contributed by atoms with Crippen molar-refractivity contribution < 1.29 is 4.79 Å². The van der Waals surface area contributed by atoms with Gasteiger partial charge in [0.25, 0.3) is 5.91 Å². The van der Waals surface area contributed by atoms with Crippen LogP contribution in [0.5, 0.6) is 0 Å². The summed E-state index contributed by atoms with van der Waals surface area (Å²) in [5, 5.41) is 11.8. The van der Waals surface area contributed by atoms with Crippen molar-refractivity contribution in [2.75, 3.05) is 5.32 Å². The number of nitrogens with zero attached hydrogens (tertiary/aromatic N) is 1. The molecule has 0 aliphatic rings. The van der Waals surface area contributed by atoms with Gasteiger partial charge in [-0.25, -0.2) is 0 Å². The number of anilines is 1. The van der Waals surface area contributed by atoms with Crippen LogP contribution in [0.4, 0.5) is 5.69 Å². The van der Waals surface area contributed by atoms with Crippen molar-refractivity contribution in [2.45, 2.75) is 27.2 Å². The van der Waals surface area contributed by atoms with E-state index in [0.29, 0.717) is 0 Å². The molecule has 1 amide bonds. The van der Waals surface area contributed by atoms with E-state index in [0.717, 1.165) is 33.9 Å². The molecule has 0 bridgehead atoms. The van der Waals surface area contributed by atoms with Crippen molar-refractivity contribution in [3.63, 3.8) is 0 Å². The Hall–Kier alpha value is -1.62. The second kappa shape index (κ2) is 4.71. The first-order chi connectivity index (χ1) is 8.13. The number of aryl methyl sites for hydroxylation is 3. The highest BCUT2D eigenvalue weighted by atomic mass is 32.1. The van der Waals surface area contributed by atoms with Gasteiger partial charge in [0.15, 0.2) is 0 Å². The van der Waals surface area contributed by atoms with E-state index in [-0.39, 0.29) is 5.91 Å². The number of aromatic nitrogens is 2. The number of H-pyrrole nitrogens is 1. The highest BCUT2D eigenvalue weighted by Crippen LogP contribution is 2.21. The van der Waals surface area contributed by atoms with Crippen molar-refractivity contribution in [3.05, 3.63) is 33.3 Å². The Kier molecular flexibility index (Phi) is 3.28. The van der Waals surface area contributed by atoms with Gasteiger partial charge in [0, 0.05) is 0 Å². The maximum Gasteiger partial charge on any atom is 0.266 e. The van der Waals surface area contributed by atoms with E-state index in [2.05, 4.69) is 15.5 Å². The largest absolute Gasteiger partial charge is 0.318 e. The number of aromatic amines is 1. The predicted molar refractivity (Wildman–Crippen MR) is 69.7 cm³/mol. The summed E-state index contributed by atoms with van der Waals surface area (Å²) in [5.74, 6) is -0.0514. The number of nitrogens with one attached hydrogen (secondary N) is 2. The summed E-state index contributed by atoms with van der Waals surface area (Å²) in [7, 11) is 0. The SMILES string of the molecule is CCc1ccsc1C(=O)Nc1c(C)n[nH]c1C. The zero-order chi connectivity index (χ0) is 12.4. The lowest BCUT2D eigenvalue weighted by Gasteiger charge is -2.05. The molecule has 0 spiro atoms. The molecule has 2 rings (SSSR count). The van der Waals surface area contributed by atoms with Crippen molar-refractivity contribution in [2.24, 2.45) is 0 Å². The zero-order valence-electron chi connectivity index (χ0n) is 10.1. The summed E-state index contributed by atoms with van der Waals surface area (Å²) in [5.41, 5.74) is 3.56. The van der Waals surface area contributed by atoms with Crippen LogP contribution in [0.2, 0.25) is 0 Å². The van der Waals surface area contributed by atoms with Gasteiger partial charge in [0.05, 0.1) is 22.0 Å². The van der Waals surface area contributed by atoms with Crippen LogP contribution in [0.1, 0.15) is 33.5 Å². The molecule has 0 saturated heterocycles. The topological polar surface area (TPSA) is 57.8 Å². The molecule has 0 radical (unpaired) electrons. The number of amides is 1. The number of hydrogen-bond donors (Lipinski definition) is 2. The smallest absolute Gasteiger partial charge is 0.266 e. The first kappa shape index (κ1) is 11.9. The van der Waals surface area contributed by atoms with Gasteiger partial charge in [-0.2, -0.15) is 5.10 Å². The van der Waals surface area contributed by atoms with Crippen LogP contribution in [0.25, 0.3) is 0 Å². The lowest BCUT2D eigenvalue weighted by Crippen LogP contribution is -2.13. The fourth-order valence-electron chi connectivity index (χ4n) is 1.72. The Balaban J connectivity index is 2.23. The van der Waals surface area contributed by atoms with Crippen molar-refractivity contribution in [3.8, 4) is 0 Å². The highest BCUT2D eigenvalue weighted by Gasteiger charge is 2.15. The Morgan fingerprint density at radius 2 is 2.29 bits per heavy atom. The maximum absolute atomic E-state index is 12.1. The van der Waals surface area contributed by atoms with Crippen LogP contribution in [-0.2, 0) is 6.42 Å². The lowest BCUT2D eigenvalue weighted by atomic mass is 10.2. The zero-order valence-corrected chi connectivity index (χ0v) is 10.9. The van der Waals surface area contributed by atoms with Gasteiger partial charge in [0.1, 0.15) is 0 Å². The molecule has 0 unspecified atom stereocenters. The first-order valence-electron chi connectivity index (χ1n) is 5.52. The molecule has 2 aromatic rings. The molecule has 5 heteroatoms. The minimum atomic E-state index is -0.0514. The van der Waals surface area contributed by atoms with Crippen molar-refractivity contribution >= 4 is 22.9 Å². The number of carbonyl (C=O) groups excluding carboxylic acids is 1. The Labute approximate surface area is 104 Å². The molecule has 4 nitrogen and oxygen atoms in total. The van der Waals surface area contributed by atoms with Crippen LogP contribution in [0.15, 0.2) is 11.4 Å². The van der Waals surface area contributed by atoms with E-state index < -0.39 is 0 Å². The monoisotopic (exact) mass is 249 g/mol. The van der Waals surface area contributed by atoms with Gasteiger partial charge in [-0.1, -0.05) is 6.92 Å². The van der Waals surface area contributed by atoms with Gasteiger partial charge < -0.3 is 5.32 Å². The fourth-order valence-corrected chi connectivity index (χ4v) is 2.61. The van der Waals surface area contributed by atoms with E-state index in [1.165, 1.54) is 11.3 Å². The van der Waals surface area contributed by atoms with Gasteiger partial charge in [-0.05, 0) is 37.3 Å². The molecule has 90 valence electrons. The molecule has 0 atom stereocenters. The van der Waals surface area contributed by atoms with E-state index in [1.54, 1.807) is 0 Å². The molecule has 0 saturated carbocycles. The minimum absolute atomic E-state index is 0.0514. The van der Waals surface area contributed by atoms with E-state index in [9.17, 15) is 4.79 Å². The molecule has 2 heterocycles. The normalized spacial score (nSPS) is 10.5. The fraction of sp³-hybridized carbons (Fsp3) is 0.333. The van der Waals surface area contributed by atoms with Gasteiger partial charge in [0.2, 0.25) is 0 Å². The number of thiophene rings is 1. The van der Waals surface area contributed by atoms with Gasteiger partial charge in [-0.3, -0.25) is 9.89 Å². The molecule has 2 aromatic heterocycles. The third kappa shape index (κ3) is 2.24. The molecule has 2 N–H and O–H groups in total. The summed E-state index contributed by atoms with van der Waals surface area (Å²) in [6, 6.07) is 1.99. The van der Waals surface area contributed by atoms with E-state index in [4.69, 9.17) is 0 Å². The van der Waals surface area contributed by atoms with E-state index >= 15 is 0 Å².